The Kier molecular flexibility index (Phi) is 4.22. The van der Waals surface area contributed by atoms with Crippen LogP contribution < -0.4 is 11.3 Å². The smallest absolute Gasteiger partial charge is 0.142 e. The number of rotatable bonds is 5. The zero-order chi connectivity index (χ0) is 13.2. The van der Waals surface area contributed by atoms with Gasteiger partial charge in [-0.1, -0.05) is 23.7 Å². The topological polar surface area (TPSA) is 47.3 Å². The molecule has 1 aromatic carbocycles. The summed E-state index contributed by atoms with van der Waals surface area (Å²) in [5, 5.41) is 0.170. The van der Waals surface area contributed by atoms with E-state index in [1.807, 2.05) is 6.07 Å². The Hall–Kier alpha value is -0.680. The Morgan fingerprint density at radius 2 is 2.28 bits per heavy atom. The number of methoxy groups -OCH3 is 1. The van der Waals surface area contributed by atoms with Gasteiger partial charge in [0.15, 0.2) is 0 Å². The van der Waals surface area contributed by atoms with Gasteiger partial charge >= 0.3 is 0 Å². The molecule has 18 heavy (non-hydrogen) atoms. The third kappa shape index (κ3) is 2.38. The molecule has 1 unspecified atom stereocenters. The Balaban J connectivity index is 2.18. The molecular weight excluding hydrogens is 255 g/mol. The molecule has 0 spiro atoms. The van der Waals surface area contributed by atoms with Crippen LogP contribution in [0.1, 0.15) is 24.8 Å². The van der Waals surface area contributed by atoms with E-state index in [4.69, 9.17) is 22.2 Å². The van der Waals surface area contributed by atoms with Crippen molar-refractivity contribution in [3.8, 4) is 0 Å². The maximum absolute atomic E-state index is 13.4. The number of hydrogen-bond acceptors (Lipinski definition) is 3. The molecule has 1 atom stereocenters. The first kappa shape index (κ1) is 13.7. The van der Waals surface area contributed by atoms with E-state index >= 15 is 0 Å². The van der Waals surface area contributed by atoms with Crippen molar-refractivity contribution < 1.29 is 9.13 Å². The minimum Gasteiger partial charge on any atom is -0.377 e. The maximum atomic E-state index is 13.4. The fourth-order valence-electron chi connectivity index (χ4n) is 2.54. The van der Waals surface area contributed by atoms with Crippen molar-refractivity contribution >= 4 is 11.6 Å². The molecule has 0 bridgehead atoms. The molecule has 1 aliphatic rings. The zero-order valence-electron chi connectivity index (χ0n) is 10.4. The van der Waals surface area contributed by atoms with Crippen LogP contribution in [-0.4, -0.2) is 18.8 Å². The molecule has 100 valence electrons. The first-order valence-electron chi connectivity index (χ1n) is 6.07. The summed E-state index contributed by atoms with van der Waals surface area (Å²) < 4.78 is 19.0. The van der Waals surface area contributed by atoms with E-state index in [0.717, 1.165) is 24.8 Å². The number of nitrogens with two attached hydrogens (primary N) is 1. The Morgan fingerprint density at radius 3 is 2.78 bits per heavy atom. The van der Waals surface area contributed by atoms with Gasteiger partial charge in [-0.3, -0.25) is 11.3 Å². The zero-order valence-corrected chi connectivity index (χ0v) is 11.1. The van der Waals surface area contributed by atoms with Gasteiger partial charge in [0.05, 0.1) is 16.7 Å². The maximum Gasteiger partial charge on any atom is 0.142 e. The molecule has 2 rings (SSSR count). The van der Waals surface area contributed by atoms with Crippen LogP contribution in [0, 0.1) is 5.82 Å². The minimum absolute atomic E-state index is 0.0597. The minimum atomic E-state index is -0.398. The molecule has 1 fully saturated rings. The van der Waals surface area contributed by atoms with Gasteiger partial charge in [0.25, 0.3) is 0 Å². The largest absolute Gasteiger partial charge is 0.377 e. The predicted octanol–water partition coefficient (Wildman–Crippen LogP) is 2.42. The lowest BCUT2D eigenvalue weighted by Gasteiger charge is -2.46. The lowest BCUT2D eigenvalue weighted by molar-refractivity contribution is -0.0982. The van der Waals surface area contributed by atoms with Crippen LogP contribution in [0.3, 0.4) is 0 Å². The van der Waals surface area contributed by atoms with Crippen molar-refractivity contribution in [2.24, 2.45) is 5.84 Å². The summed E-state index contributed by atoms with van der Waals surface area (Å²) in [4.78, 5) is 0. The lowest BCUT2D eigenvalue weighted by atomic mass is 9.73. The van der Waals surface area contributed by atoms with Crippen LogP contribution >= 0.6 is 11.6 Å². The second-order valence-corrected chi connectivity index (χ2v) is 5.14. The molecule has 3 N–H and O–H groups in total. The van der Waals surface area contributed by atoms with Crippen LogP contribution in [0.4, 0.5) is 4.39 Å². The predicted molar refractivity (Wildman–Crippen MR) is 69.8 cm³/mol. The standard InChI is InChI=1S/C13H18ClFN2O/c1-18-13(6-3-7-13)11(17-16)8-9-4-2-5-10(15)12(9)14/h2,4-5,11,17H,3,6-8,16H2,1H3. The van der Waals surface area contributed by atoms with Crippen LogP contribution in [0.5, 0.6) is 0 Å². The Bertz CT molecular complexity index is 418. The van der Waals surface area contributed by atoms with Gasteiger partial charge in [-0.25, -0.2) is 4.39 Å². The van der Waals surface area contributed by atoms with Gasteiger partial charge in [0, 0.05) is 7.11 Å². The van der Waals surface area contributed by atoms with Crippen molar-refractivity contribution in [2.45, 2.75) is 37.3 Å². The molecule has 1 saturated carbocycles. The quantitative estimate of drug-likeness (QED) is 0.639. The van der Waals surface area contributed by atoms with E-state index in [0.29, 0.717) is 6.42 Å². The molecular formula is C13H18ClFN2O. The average molecular weight is 273 g/mol. The van der Waals surface area contributed by atoms with E-state index in [-0.39, 0.29) is 16.7 Å². The molecule has 1 aromatic rings. The van der Waals surface area contributed by atoms with Gasteiger partial charge in [-0.05, 0) is 37.3 Å². The summed E-state index contributed by atoms with van der Waals surface area (Å²) in [6.45, 7) is 0. The Morgan fingerprint density at radius 1 is 1.56 bits per heavy atom. The van der Waals surface area contributed by atoms with Gasteiger partial charge < -0.3 is 4.74 Å². The fraction of sp³-hybridized carbons (Fsp3) is 0.538. The van der Waals surface area contributed by atoms with Gasteiger partial charge in [-0.15, -0.1) is 0 Å². The highest BCUT2D eigenvalue weighted by Crippen LogP contribution is 2.39. The highest BCUT2D eigenvalue weighted by Gasteiger charge is 2.44. The van der Waals surface area contributed by atoms with Crippen molar-refractivity contribution in [1.82, 2.24) is 5.43 Å². The molecule has 5 heteroatoms. The highest BCUT2D eigenvalue weighted by atomic mass is 35.5. The number of hydrogen-bond donors (Lipinski definition) is 2. The molecule has 1 aliphatic carbocycles. The second kappa shape index (κ2) is 5.53. The summed E-state index contributed by atoms with van der Waals surface area (Å²) >= 11 is 5.96. The van der Waals surface area contributed by atoms with E-state index in [9.17, 15) is 4.39 Å². The number of hydrazine groups is 1. The number of ether oxygens (including phenoxy) is 1. The summed E-state index contributed by atoms with van der Waals surface area (Å²) in [7, 11) is 1.69. The first-order valence-corrected chi connectivity index (χ1v) is 6.45. The number of benzene rings is 1. The van der Waals surface area contributed by atoms with E-state index in [1.54, 1.807) is 13.2 Å². The number of halogens is 2. The molecule has 0 aromatic heterocycles. The van der Waals surface area contributed by atoms with E-state index in [1.165, 1.54) is 6.07 Å². The van der Waals surface area contributed by atoms with Crippen molar-refractivity contribution in [3.63, 3.8) is 0 Å². The molecule has 0 amide bonds. The molecule has 0 aliphatic heterocycles. The SMILES string of the molecule is COC1(C(Cc2cccc(F)c2Cl)NN)CCC1. The summed E-state index contributed by atoms with van der Waals surface area (Å²) in [6.07, 6.45) is 3.61. The monoisotopic (exact) mass is 272 g/mol. The van der Waals surface area contributed by atoms with E-state index in [2.05, 4.69) is 5.43 Å². The van der Waals surface area contributed by atoms with Crippen LogP contribution in [0.15, 0.2) is 18.2 Å². The van der Waals surface area contributed by atoms with Gasteiger partial charge in [0.1, 0.15) is 5.82 Å². The van der Waals surface area contributed by atoms with Crippen molar-refractivity contribution in [2.75, 3.05) is 7.11 Å². The Labute approximate surface area is 111 Å². The van der Waals surface area contributed by atoms with Crippen molar-refractivity contribution in [1.29, 1.82) is 0 Å². The van der Waals surface area contributed by atoms with Crippen LogP contribution in [-0.2, 0) is 11.2 Å². The highest BCUT2D eigenvalue weighted by molar-refractivity contribution is 6.31. The van der Waals surface area contributed by atoms with Gasteiger partial charge in [-0.2, -0.15) is 0 Å². The number of nitrogens with one attached hydrogen (secondary N) is 1. The van der Waals surface area contributed by atoms with Crippen LogP contribution in [0.2, 0.25) is 5.02 Å². The summed E-state index contributed by atoms with van der Waals surface area (Å²) in [5.74, 6) is 5.21. The third-order valence-electron chi connectivity index (χ3n) is 3.90. The average Bonchev–Trinajstić information content (AvgIpc) is 2.32. The molecule has 0 heterocycles. The van der Waals surface area contributed by atoms with Gasteiger partial charge in [0.2, 0.25) is 0 Å². The van der Waals surface area contributed by atoms with Crippen LogP contribution in [0.25, 0.3) is 0 Å². The molecule has 3 nitrogen and oxygen atoms in total. The fourth-order valence-corrected chi connectivity index (χ4v) is 2.75. The lowest BCUT2D eigenvalue weighted by Crippen LogP contribution is -2.59. The molecule has 0 saturated heterocycles. The van der Waals surface area contributed by atoms with Crippen molar-refractivity contribution in [3.05, 3.63) is 34.6 Å². The van der Waals surface area contributed by atoms with E-state index < -0.39 is 5.82 Å². The normalized spacial score (nSPS) is 19.3. The third-order valence-corrected chi connectivity index (χ3v) is 4.32. The summed E-state index contributed by atoms with van der Waals surface area (Å²) in [5.41, 5.74) is 3.29. The summed E-state index contributed by atoms with van der Waals surface area (Å²) in [6, 6.07) is 4.77. The molecule has 0 radical (unpaired) electrons. The second-order valence-electron chi connectivity index (χ2n) is 4.76. The first-order chi connectivity index (χ1) is 8.63.